The molecule has 0 saturated carbocycles. The molecule has 2 aromatic carbocycles. The van der Waals surface area contributed by atoms with Crippen molar-refractivity contribution in [1.82, 2.24) is 9.21 Å². The minimum atomic E-state index is -3.56. The molecule has 0 bridgehead atoms. The summed E-state index contributed by atoms with van der Waals surface area (Å²) in [6.45, 7) is 4.92. The Morgan fingerprint density at radius 1 is 1.00 bits per heavy atom. The van der Waals surface area contributed by atoms with E-state index in [0.29, 0.717) is 31.7 Å². The summed E-state index contributed by atoms with van der Waals surface area (Å²) in [4.78, 5) is 2.49. The van der Waals surface area contributed by atoms with E-state index in [1.807, 2.05) is 18.2 Å². The smallest absolute Gasteiger partial charge is 0.243 e. The van der Waals surface area contributed by atoms with Gasteiger partial charge in [0, 0.05) is 32.7 Å². The van der Waals surface area contributed by atoms with Crippen LogP contribution in [0.15, 0.2) is 53.4 Å². The zero-order chi connectivity index (χ0) is 17.9. The number of piperazine rings is 1. The minimum Gasteiger partial charge on any atom is -0.300 e. The standard InChI is InChI=1S/C19H23FN2O2S/c1-16-15-18(20)7-8-19(16)25(23,24)22-13-11-21(12-14-22)10-9-17-5-3-2-4-6-17/h2-8,15H,9-14H2,1H3. The molecule has 1 fully saturated rings. The number of aryl methyl sites for hydroxylation is 1. The van der Waals surface area contributed by atoms with Crippen molar-refractivity contribution in [2.24, 2.45) is 0 Å². The molecule has 25 heavy (non-hydrogen) atoms. The van der Waals surface area contributed by atoms with Crippen LogP contribution in [0.4, 0.5) is 4.39 Å². The summed E-state index contributed by atoms with van der Waals surface area (Å²) in [6.07, 6.45) is 0.963. The number of benzene rings is 2. The molecule has 0 spiro atoms. The van der Waals surface area contributed by atoms with E-state index in [0.717, 1.165) is 13.0 Å². The van der Waals surface area contributed by atoms with E-state index >= 15 is 0 Å². The van der Waals surface area contributed by atoms with Crippen molar-refractivity contribution in [3.63, 3.8) is 0 Å². The zero-order valence-electron chi connectivity index (χ0n) is 14.4. The predicted octanol–water partition coefficient (Wildman–Crippen LogP) is 2.68. The second-order valence-electron chi connectivity index (χ2n) is 6.39. The lowest BCUT2D eigenvalue weighted by molar-refractivity contribution is 0.190. The van der Waals surface area contributed by atoms with Gasteiger partial charge in [-0.3, -0.25) is 0 Å². The molecule has 0 unspecified atom stereocenters. The Hall–Kier alpha value is -1.76. The normalized spacial score (nSPS) is 16.9. The first kappa shape index (κ1) is 18.0. The fourth-order valence-corrected chi connectivity index (χ4v) is 4.79. The number of hydrogen-bond donors (Lipinski definition) is 0. The summed E-state index contributed by atoms with van der Waals surface area (Å²) >= 11 is 0. The van der Waals surface area contributed by atoms with Crippen LogP contribution in [0.3, 0.4) is 0 Å². The number of sulfonamides is 1. The van der Waals surface area contributed by atoms with Crippen LogP contribution in [-0.4, -0.2) is 50.3 Å². The number of rotatable bonds is 5. The fourth-order valence-electron chi connectivity index (χ4n) is 3.17. The highest BCUT2D eigenvalue weighted by atomic mass is 32.2. The monoisotopic (exact) mass is 362 g/mol. The molecule has 1 aliphatic rings. The van der Waals surface area contributed by atoms with Gasteiger partial charge >= 0.3 is 0 Å². The predicted molar refractivity (Wildman–Crippen MR) is 96.5 cm³/mol. The molecular formula is C19H23FN2O2S. The summed E-state index contributed by atoms with van der Waals surface area (Å²) in [7, 11) is -3.56. The highest BCUT2D eigenvalue weighted by Crippen LogP contribution is 2.22. The third-order valence-electron chi connectivity index (χ3n) is 4.65. The quantitative estimate of drug-likeness (QED) is 0.821. The molecule has 3 rings (SSSR count). The zero-order valence-corrected chi connectivity index (χ0v) is 15.2. The van der Waals surface area contributed by atoms with Crippen LogP contribution in [0.2, 0.25) is 0 Å². The lowest BCUT2D eigenvalue weighted by Gasteiger charge is -2.34. The van der Waals surface area contributed by atoms with Crippen molar-refractivity contribution < 1.29 is 12.8 Å². The SMILES string of the molecule is Cc1cc(F)ccc1S(=O)(=O)N1CCN(CCc2ccccc2)CC1. The lowest BCUT2D eigenvalue weighted by atomic mass is 10.1. The van der Waals surface area contributed by atoms with E-state index < -0.39 is 15.8 Å². The molecule has 2 aromatic rings. The lowest BCUT2D eigenvalue weighted by Crippen LogP contribution is -2.49. The van der Waals surface area contributed by atoms with E-state index in [9.17, 15) is 12.8 Å². The third kappa shape index (κ3) is 4.26. The van der Waals surface area contributed by atoms with Crippen molar-refractivity contribution in [3.05, 3.63) is 65.5 Å². The largest absolute Gasteiger partial charge is 0.300 e. The van der Waals surface area contributed by atoms with E-state index in [-0.39, 0.29) is 4.90 Å². The Balaban J connectivity index is 1.59. The Morgan fingerprint density at radius 3 is 2.32 bits per heavy atom. The summed E-state index contributed by atoms with van der Waals surface area (Å²) in [5.41, 5.74) is 1.74. The number of hydrogen-bond acceptors (Lipinski definition) is 3. The van der Waals surface area contributed by atoms with Gasteiger partial charge in [-0.25, -0.2) is 12.8 Å². The molecule has 134 valence electrons. The molecule has 0 aliphatic carbocycles. The highest BCUT2D eigenvalue weighted by Gasteiger charge is 2.29. The van der Waals surface area contributed by atoms with Crippen molar-refractivity contribution in [3.8, 4) is 0 Å². The Morgan fingerprint density at radius 2 is 1.68 bits per heavy atom. The molecule has 0 aromatic heterocycles. The molecule has 4 nitrogen and oxygen atoms in total. The van der Waals surface area contributed by atoms with E-state index in [1.165, 1.54) is 28.1 Å². The van der Waals surface area contributed by atoms with Gasteiger partial charge in [0.2, 0.25) is 10.0 Å². The fraction of sp³-hybridized carbons (Fsp3) is 0.368. The molecule has 1 heterocycles. The van der Waals surface area contributed by atoms with Crippen molar-refractivity contribution >= 4 is 10.0 Å². The van der Waals surface area contributed by atoms with Crippen molar-refractivity contribution in [1.29, 1.82) is 0 Å². The summed E-state index contributed by atoms with van der Waals surface area (Å²) in [5, 5.41) is 0. The second-order valence-corrected chi connectivity index (χ2v) is 8.30. The van der Waals surface area contributed by atoms with Gasteiger partial charge in [0.25, 0.3) is 0 Å². The maximum absolute atomic E-state index is 13.2. The van der Waals surface area contributed by atoms with Gasteiger partial charge in [-0.1, -0.05) is 30.3 Å². The molecule has 1 aliphatic heterocycles. The average Bonchev–Trinajstić information content (AvgIpc) is 2.61. The average molecular weight is 362 g/mol. The molecule has 6 heteroatoms. The Bertz CT molecular complexity index is 817. The van der Waals surface area contributed by atoms with Crippen LogP contribution in [0.1, 0.15) is 11.1 Å². The van der Waals surface area contributed by atoms with Crippen LogP contribution < -0.4 is 0 Å². The first-order valence-corrected chi connectivity index (χ1v) is 9.93. The molecule has 0 amide bonds. The summed E-state index contributed by atoms with van der Waals surface area (Å²) in [5.74, 6) is -0.415. The minimum absolute atomic E-state index is 0.201. The number of nitrogens with zero attached hydrogens (tertiary/aromatic N) is 2. The second kappa shape index (κ2) is 7.64. The van der Waals surface area contributed by atoms with E-state index in [4.69, 9.17) is 0 Å². The molecule has 0 N–H and O–H groups in total. The van der Waals surface area contributed by atoms with Crippen LogP contribution >= 0.6 is 0 Å². The van der Waals surface area contributed by atoms with E-state index in [1.54, 1.807) is 6.92 Å². The van der Waals surface area contributed by atoms with Crippen LogP contribution in [0.25, 0.3) is 0 Å². The van der Waals surface area contributed by atoms with Gasteiger partial charge in [0.05, 0.1) is 4.90 Å². The maximum Gasteiger partial charge on any atom is 0.243 e. The first-order valence-electron chi connectivity index (χ1n) is 8.49. The van der Waals surface area contributed by atoms with Gasteiger partial charge in [-0.05, 0) is 42.7 Å². The molecule has 0 atom stereocenters. The van der Waals surface area contributed by atoms with Crippen LogP contribution in [-0.2, 0) is 16.4 Å². The van der Waals surface area contributed by atoms with Gasteiger partial charge in [0.1, 0.15) is 5.82 Å². The van der Waals surface area contributed by atoms with E-state index in [2.05, 4.69) is 17.0 Å². The maximum atomic E-state index is 13.2. The Labute approximate surface area is 148 Å². The third-order valence-corrected chi connectivity index (χ3v) is 6.70. The van der Waals surface area contributed by atoms with Crippen molar-refractivity contribution in [2.45, 2.75) is 18.2 Å². The summed E-state index contributed by atoms with van der Waals surface area (Å²) < 4.78 is 40.3. The highest BCUT2D eigenvalue weighted by molar-refractivity contribution is 7.89. The van der Waals surface area contributed by atoms with Crippen molar-refractivity contribution in [2.75, 3.05) is 32.7 Å². The molecular weight excluding hydrogens is 339 g/mol. The van der Waals surface area contributed by atoms with Crippen LogP contribution in [0, 0.1) is 12.7 Å². The topological polar surface area (TPSA) is 40.6 Å². The molecule has 0 radical (unpaired) electrons. The van der Waals surface area contributed by atoms with Crippen LogP contribution in [0.5, 0.6) is 0 Å². The summed E-state index contributed by atoms with van der Waals surface area (Å²) in [6, 6.07) is 14.1. The number of halogens is 1. The van der Waals surface area contributed by atoms with Gasteiger partial charge < -0.3 is 4.90 Å². The van der Waals surface area contributed by atoms with Gasteiger partial charge in [-0.2, -0.15) is 4.31 Å². The first-order chi connectivity index (χ1) is 12.0. The van der Waals surface area contributed by atoms with Gasteiger partial charge in [-0.15, -0.1) is 0 Å². The Kier molecular flexibility index (Phi) is 5.51. The van der Waals surface area contributed by atoms with Gasteiger partial charge in [0.15, 0.2) is 0 Å². The molecule has 1 saturated heterocycles.